The molecule has 1 aliphatic heterocycles. The summed E-state index contributed by atoms with van der Waals surface area (Å²) in [6.45, 7) is 3.32. The van der Waals surface area contributed by atoms with Crippen molar-refractivity contribution in [3.05, 3.63) is 29.8 Å². The smallest absolute Gasteiger partial charge is 0.238 e. The minimum atomic E-state index is -0.255. The molecule has 110 valence electrons. The van der Waals surface area contributed by atoms with Gasteiger partial charge in [-0.25, -0.2) is 0 Å². The summed E-state index contributed by atoms with van der Waals surface area (Å²) in [7, 11) is 0. The molecule has 1 fully saturated rings. The number of hydrogen-bond acceptors (Lipinski definition) is 4. The molecule has 0 radical (unpaired) electrons. The SMILES string of the molecule is CCC1C(=O)NCCN1CC(=O)Nc1cccc(C#N)c1. The molecule has 0 bridgehead atoms. The molecule has 0 aliphatic carbocycles. The summed E-state index contributed by atoms with van der Waals surface area (Å²) in [6, 6.07) is 8.53. The second-order valence-electron chi connectivity index (χ2n) is 4.93. The molecule has 2 amide bonds. The summed E-state index contributed by atoms with van der Waals surface area (Å²) in [5.74, 6) is -0.207. The van der Waals surface area contributed by atoms with Crippen LogP contribution < -0.4 is 10.6 Å². The average Bonchev–Trinajstić information content (AvgIpc) is 2.47. The molecule has 1 aromatic carbocycles. The van der Waals surface area contributed by atoms with Crippen LogP contribution in [0.1, 0.15) is 18.9 Å². The van der Waals surface area contributed by atoms with E-state index in [9.17, 15) is 9.59 Å². The second-order valence-corrected chi connectivity index (χ2v) is 4.93. The number of anilines is 1. The van der Waals surface area contributed by atoms with E-state index in [1.165, 1.54) is 0 Å². The predicted molar refractivity (Wildman–Crippen MR) is 78.4 cm³/mol. The van der Waals surface area contributed by atoms with Crippen LogP contribution in [0.3, 0.4) is 0 Å². The van der Waals surface area contributed by atoms with Gasteiger partial charge < -0.3 is 10.6 Å². The second kappa shape index (κ2) is 6.86. The van der Waals surface area contributed by atoms with Gasteiger partial charge in [0.2, 0.25) is 11.8 Å². The Morgan fingerprint density at radius 2 is 2.38 bits per heavy atom. The van der Waals surface area contributed by atoms with E-state index in [1.54, 1.807) is 24.3 Å². The standard InChI is InChI=1S/C15H18N4O2/c1-2-13-15(21)17-6-7-19(13)10-14(20)18-12-5-3-4-11(8-12)9-16/h3-5,8,13H,2,6-7,10H2,1H3,(H,17,21)(H,18,20). The van der Waals surface area contributed by atoms with Crippen LogP contribution in [-0.4, -0.2) is 42.4 Å². The van der Waals surface area contributed by atoms with Crippen molar-refractivity contribution in [1.29, 1.82) is 5.26 Å². The zero-order valence-electron chi connectivity index (χ0n) is 11.9. The Hall–Kier alpha value is -2.39. The molecule has 1 aromatic rings. The van der Waals surface area contributed by atoms with Gasteiger partial charge in [-0.05, 0) is 24.6 Å². The highest BCUT2D eigenvalue weighted by Crippen LogP contribution is 2.11. The molecule has 1 atom stereocenters. The van der Waals surface area contributed by atoms with Crippen molar-refractivity contribution in [2.75, 3.05) is 25.0 Å². The molecule has 1 unspecified atom stereocenters. The van der Waals surface area contributed by atoms with Gasteiger partial charge in [0.1, 0.15) is 0 Å². The van der Waals surface area contributed by atoms with Crippen LogP contribution in [0.2, 0.25) is 0 Å². The van der Waals surface area contributed by atoms with Gasteiger partial charge in [0, 0.05) is 18.8 Å². The summed E-state index contributed by atoms with van der Waals surface area (Å²) in [5, 5.41) is 14.4. The van der Waals surface area contributed by atoms with Gasteiger partial charge in [-0.3, -0.25) is 14.5 Å². The van der Waals surface area contributed by atoms with Crippen LogP contribution in [0.4, 0.5) is 5.69 Å². The van der Waals surface area contributed by atoms with Gasteiger partial charge in [0.15, 0.2) is 0 Å². The zero-order valence-corrected chi connectivity index (χ0v) is 11.9. The molecule has 6 nitrogen and oxygen atoms in total. The number of hydrogen-bond donors (Lipinski definition) is 2. The van der Waals surface area contributed by atoms with Gasteiger partial charge in [-0.2, -0.15) is 5.26 Å². The van der Waals surface area contributed by atoms with Crippen LogP contribution in [0.25, 0.3) is 0 Å². The van der Waals surface area contributed by atoms with E-state index in [1.807, 2.05) is 17.9 Å². The van der Waals surface area contributed by atoms with E-state index in [-0.39, 0.29) is 24.4 Å². The monoisotopic (exact) mass is 286 g/mol. The highest BCUT2D eigenvalue weighted by Gasteiger charge is 2.29. The number of carbonyl (C=O) groups excluding carboxylic acids is 2. The lowest BCUT2D eigenvalue weighted by atomic mass is 10.1. The maximum absolute atomic E-state index is 12.1. The Balaban J connectivity index is 1.97. The van der Waals surface area contributed by atoms with Crippen LogP contribution in [-0.2, 0) is 9.59 Å². The first kappa shape index (κ1) is 15.0. The summed E-state index contributed by atoms with van der Waals surface area (Å²) >= 11 is 0. The number of carbonyl (C=O) groups is 2. The van der Waals surface area contributed by atoms with Gasteiger partial charge in [0.25, 0.3) is 0 Å². The minimum absolute atomic E-state index is 0.0250. The number of nitrogens with one attached hydrogen (secondary N) is 2. The molecule has 1 saturated heterocycles. The summed E-state index contributed by atoms with van der Waals surface area (Å²) in [6.07, 6.45) is 0.670. The summed E-state index contributed by atoms with van der Waals surface area (Å²) in [5.41, 5.74) is 1.09. The number of amides is 2. The minimum Gasteiger partial charge on any atom is -0.353 e. The third kappa shape index (κ3) is 3.80. The van der Waals surface area contributed by atoms with Crippen molar-refractivity contribution in [2.45, 2.75) is 19.4 Å². The van der Waals surface area contributed by atoms with E-state index < -0.39 is 0 Å². The number of benzene rings is 1. The molecule has 2 rings (SSSR count). The number of rotatable bonds is 4. The third-order valence-corrected chi connectivity index (χ3v) is 3.45. The van der Waals surface area contributed by atoms with Crippen molar-refractivity contribution in [1.82, 2.24) is 10.2 Å². The fourth-order valence-corrected chi connectivity index (χ4v) is 2.45. The normalized spacial score (nSPS) is 18.7. The predicted octanol–water partition coefficient (Wildman–Crippen LogP) is 0.707. The molecular weight excluding hydrogens is 268 g/mol. The quantitative estimate of drug-likeness (QED) is 0.853. The lowest BCUT2D eigenvalue weighted by Gasteiger charge is -2.33. The Morgan fingerprint density at radius 3 is 3.10 bits per heavy atom. The maximum atomic E-state index is 12.1. The lowest BCUT2D eigenvalue weighted by Crippen LogP contribution is -2.56. The van der Waals surface area contributed by atoms with Crippen molar-refractivity contribution >= 4 is 17.5 Å². The van der Waals surface area contributed by atoms with E-state index in [4.69, 9.17) is 5.26 Å². The largest absolute Gasteiger partial charge is 0.353 e. The Labute approximate surface area is 123 Å². The molecule has 1 aliphatic rings. The van der Waals surface area contributed by atoms with Crippen molar-refractivity contribution in [3.63, 3.8) is 0 Å². The first-order valence-corrected chi connectivity index (χ1v) is 6.96. The number of nitrogens with zero attached hydrogens (tertiary/aromatic N) is 2. The first-order valence-electron chi connectivity index (χ1n) is 6.96. The van der Waals surface area contributed by atoms with Crippen LogP contribution >= 0.6 is 0 Å². The van der Waals surface area contributed by atoms with E-state index in [2.05, 4.69) is 10.6 Å². The molecule has 0 spiro atoms. The Bertz CT molecular complexity index is 579. The topological polar surface area (TPSA) is 85.2 Å². The number of piperazine rings is 1. The Morgan fingerprint density at radius 1 is 1.57 bits per heavy atom. The van der Waals surface area contributed by atoms with E-state index in [0.29, 0.717) is 30.8 Å². The zero-order chi connectivity index (χ0) is 15.2. The van der Waals surface area contributed by atoms with Gasteiger partial charge >= 0.3 is 0 Å². The molecule has 6 heteroatoms. The van der Waals surface area contributed by atoms with Crippen LogP contribution in [0.15, 0.2) is 24.3 Å². The maximum Gasteiger partial charge on any atom is 0.238 e. The van der Waals surface area contributed by atoms with Crippen LogP contribution in [0.5, 0.6) is 0 Å². The van der Waals surface area contributed by atoms with Gasteiger partial charge in [0.05, 0.1) is 24.2 Å². The molecule has 2 N–H and O–H groups in total. The Kier molecular flexibility index (Phi) is 4.90. The highest BCUT2D eigenvalue weighted by molar-refractivity contribution is 5.93. The highest BCUT2D eigenvalue weighted by atomic mass is 16.2. The number of nitriles is 1. The molecule has 0 saturated carbocycles. The average molecular weight is 286 g/mol. The summed E-state index contributed by atoms with van der Waals surface area (Å²) < 4.78 is 0. The fraction of sp³-hybridized carbons (Fsp3) is 0.400. The fourth-order valence-electron chi connectivity index (χ4n) is 2.45. The first-order chi connectivity index (χ1) is 10.1. The van der Waals surface area contributed by atoms with E-state index in [0.717, 1.165) is 0 Å². The molecule has 0 aromatic heterocycles. The summed E-state index contributed by atoms with van der Waals surface area (Å²) in [4.78, 5) is 25.7. The lowest BCUT2D eigenvalue weighted by molar-refractivity contribution is -0.130. The molecule has 21 heavy (non-hydrogen) atoms. The van der Waals surface area contributed by atoms with Crippen molar-refractivity contribution in [3.8, 4) is 6.07 Å². The van der Waals surface area contributed by atoms with Crippen molar-refractivity contribution < 1.29 is 9.59 Å². The van der Waals surface area contributed by atoms with Gasteiger partial charge in [-0.1, -0.05) is 13.0 Å². The van der Waals surface area contributed by atoms with Gasteiger partial charge in [-0.15, -0.1) is 0 Å². The molecular formula is C15H18N4O2. The van der Waals surface area contributed by atoms with Crippen LogP contribution in [0, 0.1) is 11.3 Å². The van der Waals surface area contributed by atoms with E-state index >= 15 is 0 Å². The van der Waals surface area contributed by atoms with Crippen molar-refractivity contribution in [2.24, 2.45) is 0 Å². The third-order valence-electron chi connectivity index (χ3n) is 3.45. The molecule has 1 heterocycles.